The van der Waals surface area contributed by atoms with Crippen molar-refractivity contribution in [1.82, 2.24) is 4.98 Å². The molecule has 5 heteroatoms. The number of hydrogen-bond acceptors (Lipinski definition) is 4. The molecule has 0 bridgehead atoms. The lowest BCUT2D eigenvalue weighted by molar-refractivity contribution is -0.143. The Hall–Kier alpha value is -1.88. The van der Waals surface area contributed by atoms with Gasteiger partial charge in [0.25, 0.3) is 0 Å². The van der Waals surface area contributed by atoms with Crippen LogP contribution in [0.15, 0.2) is 34.6 Å². The highest BCUT2D eigenvalue weighted by molar-refractivity contribution is 9.10. The zero-order valence-electron chi connectivity index (χ0n) is 10.9. The molecule has 0 aliphatic carbocycles. The summed E-state index contributed by atoms with van der Waals surface area (Å²) in [5.74, 6) is 0.910. The summed E-state index contributed by atoms with van der Waals surface area (Å²) in [7, 11) is 0. The molecule has 0 unspecified atom stereocenters. The number of rotatable bonds is 0. The minimum absolute atomic E-state index is 0.344. The Morgan fingerprint density at radius 2 is 2.10 bits per heavy atom. The maximum Gasteiger partial charge on any atom is 0.343 e. The molecule has 0 saturated carbocycles. The summed E-state index contributed by atoms with van der Waals surface area (Å²) < 4.78 is 12.2. The number of ether oxygens (including phenoxy) is 2. The number of carbonyl (C=O) groups is 1. The molecule has 0 N–H and O–H groups in total. The first-order valence-corrected chi connectivity index (χ1v) is 7.02. The average Bonchev–Trinajstić information content (AvgIpc) is 2.64. The van der Waals surface area contributed by atoms with Crippen LogP contribution in [0.5, 0.6) is 5.75 Å². The van der Waals surface area contributed by atoms with Gasteiger partial charge < -0.3 is 9.47 Å². The minimum atomic E-state index is -0.755. The van der Waals surface area contributed by atoms with Gasteiger partial charge in [0.15, 0.2) is 17.1 Å². The second-order valence-corrected chi connectivity index (χ2v) is 6.20. The van der Waals surface area contributed by atoms with Crippen molar-refractivity contribution in [3.63, 3.8) is 0 Å². The summed E-state index contributed by atoms with van der Waals surface area (Å²) >= 11 is 3.46. The van der Waals surface area contributed by atoms with Crippen LogP contribution in [0.4, 0.5) is 0 Å². The fourth-order valence-corrected chi connectivity index (χ4v) is 3.11. The van der Waals surface area contributed by atoms with E-state index < -0.39 is 5.60 Å². The molecule has 0 amide bonds. The molecule has 2 aromatic rings. The maximum absolute atomic E-state index is 12.2. The second kappa shape index (κ2) is 3.61. The first kappa shape index (κ1) is 11.9. The Morgan fingerprint density at radius 3 is 2.90 bits per heavy atom. The van der Waals surface area contributed by atoms with Crippen molar-refractivity contribution in [1.29, 1.82) is 0 Å². The van der Waals surface area contributed by atoms with E-state index in [0.717, 1.165) is 20.9 Å². The van der Waals surface area contributed by atoms with Crippen molar-refractivity contribution >= 4 is 38.4 Å². The van der Waals surface area contributed by atoms with Crippen LogP contribution in [0.1, 0.15) is 19.4 Å². The Morgan fingerprint density at radius 1 is 1.30 bits per heavy atom. The number of pyridine rings is 1. The predicted molar refractivity (Wildman–Crippen MR) is 77.2 cm³/mol. The van der Waals surface area contributed by atoms with Gasteiger partial charge in [-0.3, -0.25) is 4.98 Å². The van der Waals surface area contributed by atoms with E-state index >= 15 is 0 Å². The van der Waals surface area contributed by atoms with Crippen molar-refractivity contribution in [3.05, 3.63) is 40.2 Å². The zero-order chi connectivity index (χ0) is 14.1. The highest BCUT2D eigenvalue weighted by Gasteiger charge is 2.46. The van der Waals surface area contributed by atoms with Crippen LogP contribution in [-0.2, 0) is 9.53 Å². The molecule has 20 heavy (non-hydrogen) atoms. The van der Waals surface area contributed by atoms with Crippen LogP contribution in [-0.4, -0.2) is 16.6 Å². The average molecular weight is 332 g/mol. The lowest BCUT2D eigenvalue weighted by Gasteiger charge is -2.25. The van der Waals surface area contributed by atoms with Gasteiger partial charge in [0.1, 0.15) is 5.57 Å². The molecule has 4 rings (SSSR count). The summed E-state index contributed by atoms with van der Waals surface area (Å²) in [6.45, 7) is 3.65. The molecule has 4 nitrogen and oxygen atoms in total. The molecule has 1 aromatic heterocycles. The van der Waals surface area contributed by atoms with Gasteiger partial charge >= 0.3 is 5.97 Å². The summed E-state index contributed by atoms with van der Waals surface area (Å²) in [6.07, 6.45) is 1.71. The van der Waals surface area contributed by atoms with E-state index in [4.69, 9.17) is 9.47 Å². The third-order valence-electron chi connectivity index (χ3n) is 3.60. The Kier molecular flexibility index (Phi) is 2.15. The standard InChI is InChI=1S/C15H10BrNO3/c1-15(2)13-11(14(18)20-15)7-4-3-5-9-10(7)12(19-13)8(16)6-17-9/h3-6H,1-2H3. The lowest BCUT2D eigenvalue weighted by atomic mass is 9.94. The first-order chi connectivity index (χ1) is 9.49. The number of esters is 1. The van der Waals surface area contributed by atoms with Crippen LogP contribution >= 0.6 is 15.9 Å². The fourth-order valence-electron chi connectivity index (χ4n) is 2.73. The third-order valence-corrected chi connectivity index (χ3v) is 4.17. The van der Waals surface area contributed by atoms with Gasteiger partial charge in [0.2, 0.25) is 0 Å². The van der Waals surface area contributed by atoms with Gasteiger partial charge in [-0.1, -0.05) is 12.1 Å². The summed E-state index contributed by atoms with van der Waals surface area (Å²) in [4.78, 5) is 16.5. The van der Waals surface area contributed by atoms with Gasteiger partial charge in [-0.05, 0) is 35.8 Å². The molecule has 0 spiro atoms. The third kappa shape index (κ3) is 1.36. The molecule has 1 aromatic carbocycles. The van der Waals surface area contributed by atoms with Crippen LogP contribution in [0.25, 0.3) is 16.5 Å². The number of fused-ring (bicyclic) bond motifs is 1. The monoisotopic (exact) mass is 331 g/mol. The van der Waals surface area contributed by atoms with Crippen LogP contribution in [0, 0.1) is 0 Å². The molecule has 0 atom stereocenters. The number of nitrogens with zero attached hydrogens (tertiary/aromatic N) is 1. The zero-order valence-corrected chi connectivity index (χ0v) is 12.4. The molecule has 100 valence electrons. The number of carbonyl (C=O) groups excluding carboxylic acids is 1. The van der Waals surface area contributed by atoms with Crippen LogP contribution < -0.4 is 4.74 Å². The summed E-state index contributed by atoms with van der Waals surface area (Å²) in [5, 5.41) is 0.843. The normalized spacial score (nSPS) is 18.9. The number of cyclic esters (lactones) is 1. The van der Waals surface area contributed by atoms with E-state index in [-0.39, 0.29) is 5.97 Å². The molecule has 2 aliphatic heterocycles. The first-order valence-electron chi connectivity index (χ1n) is 6.22. The lowest BCUT2D eigenvalue weighted by Crippen LogP contribution is -2.26. The highest BCUT2D eigenvalue weighted by Crippen LogP contribution is 2.48. The molecule has 0 radical (unpaired) electrons. The Labute approximate surface area is 123 Å². The van der Waals surface area contributed by atoms with Crippen LogP contribution in [0.3, 0.4) is 0 Å². The molecule has 2 aliphatic rings. The molecular formula is C15H10BrNO3. The fraction of sp³-hybridized carbons (Fsp3) is 0.200. The van der Waals surface area contributed by atoms with Gasteiger partial charge in [-0.15, -0.1) is 0 Å². The number of halogens is 1. The Bertz CT molecular complexity index is 823. The maximum atomic E-state index is 12.2. The van der Waals surface area contributed by atoms with E-state index in [1.54, 1.807) is 6.20 Å². The Balaban J connectivity index is 2.15. The highest BCUT2D eigenvalue weighted by atomic mass is 79.9. The van der Waals surface area contributed by atoms with E-state index in [2.05, 4.69) is 20.9 Å². The van der Waals surface area contributed by atoms with Gasteiger partial charge in [0, 0.05) is 11.8 Å². The van der Waals surface area contributed by atoms with Gasteiger partial charge in [0.05, 0.1) is 15.4 Å². The number of benzene rings is 1. The number of hydrogen-bond donors (Lipinski definition) is 0. The van der Waals surface area contributed by atoms with Crippen molar-refractivity contribution in [2.24, 2.45) is 0 Å². The van der Waals surface area contributed by atoms with E-state index in [0.29, 0.717) is 17.1 Å². The van der Waals surface area contributed by atoms with Crippen molar-refractivity contribution in [3.8, 4) is 5.75 Å². The second-order valence-electron chi connectivity index (χ2n) is 5.34. The van der Waals surface area contributed by atoms with Gasteiger partial charge in [-0.2, -0.15) is 0 Å². The minimum Gasteiger partial charge on any atom is -0.455 e. The quantitative estimate of drug-likeness (QED) is 0.694. The van der Waals surface area contributed by atoms with Gasteiger partial charge in [-0.25, -0.2) is 4.79 Å². The van der Waals surface area contributed by atoms with Crippen LogP contribution in [0.2, 0.25) is 0 Å². The van der Waals surface area contributed by atoms with E-state index in [9.17, 15) is 4.79 Å². The topological polar surface area (TPSA) is 48.4 Å². The molecule has 0 saturated heterocycles. The van der Waals surface area contributed by atoms with Crippen molar-refractivity contribution in [2.45, 2.75) is 19.4 Å². The van der Waals surface area contributed by atoms with E-state index in [1.807, 2.05) is 32.0 Å². The van der Waals surface area contributed by atoms with E-state index in [1.165, 1.54) is 0 Å². The summed E-state index contributed by atoms with van der Waals surface area (Å²) in [6, 6.07) is 5.69. The number of aromatic nitrogens is 1. The largest absolute Gasteiger partial charge is 0.455 e. The SMILES string of the molecule is CC1(C)OC(=O)C2=C1Oc1c(Br)cnc3cccc2c13. The van der Waals surface area contributed by atoms with Crippen molar-refractivity contribution < 1.29 is 14.3 Å². The smallest absolute Gasteiger partial charge is 0.343 e. The summed E-state index contributed by atoms with van der Waals surface area (Å²) in [5.41, 5.74) is 1.37. The molecule has 3 heterocycles. The van der Waals surface area contributed by atoms with Crippen molar-refractivity contribution in [2.75, 3.05) is 0 Å². The molecular weight excluding hydrogens is 322 g/mol. The predicted octanol–water partition coefficient (Wildman–Crippen LogP) is 3.44. The molecule has 0 fully saturated rings.